The molecule has 1 aliphatic heterocycles. The Morgan fingerprint density at radius 3 is 2.70 bits per heavy atom. The van der Waals surface area contributed by atoms with Crippen molar-refractivity contribution in [3.05, 3.63) is 45.3 Å². The molecule has 5 rings (SSSR count). The number of thioether (sulfide) groups is 1. The van der Waals surface area contributed by atoms with Crippen molar-refractivity contribution in [2.45, 2.75) is 63.5 Å². The second-order valence-electron chi connectivity index (χ2n) is 8.39. The van der Waals surface area contributed by atoms with Crippen molar-refractivity contribution in [3.8, 4) is 0 Å². The average Bonchev–Trinajstić information content (AvgIpc) is 3.12. The number of aliphatic imine (C=N–C) groups is 1. The highest BCUT2D eigenvalue weighted by Gasteiger charge is 2.39. The number of hydrogen-bond acceptors (Lipinski definition) is 5. The molecule has 1 amide bonds. The molecule has 2 N–H and O–H groups in total. The van der Waals surface area contributed by atoms with Gasteiger partial charge in [0.25, 0.3) is 0 Å². The van der Waals surface area contributed by atoms with Gasteiger partial charge in [0.2, 0.25) is 5.91 Å². The van der Waals surface area contributed by atoms with Crippen LogP contribution in [0.1, 0.15) is 60.9 Å². The van der Waals surface area contributed by atoms with Gasteiger partial charge in [-0.1, -0.05) is 29.8 Å². The average molecular weight is 460 g/mol. The third-order valence-electron chi connectivity index (χ3n) is 6.20. The molecule has 1 spiro atoms. The summed E-state index contributed by atoms with van der Waals surface area (Å²) in [6, 6.07) is 7.24. The zero-order valence-corrected chi connectivity index (χ0v) is 19.3. The molecule has 2 heterocycles. The lowest BCUT2D eigenvalue weighted by atomic mass is 9.88. The SMILES string of the molecule is O=C(CSC1=NC2(CCCCC2)Nc2sc3c(c21)CCCC3)Nc1ccc(Cl)cc1. The van der Waals surface area contributed by atoms with Gasteiger partial charge in [-0.25, -0.2) is 4.99 Å². The Balaban J connectivity index is 1.38. The molecule has 158 valence electrons. The van der Waals surface area contributed by atoms with Crippen molar-refractivity contribution in [1.29, 1.82) is 0 Å². The largest absolute Gasteiger partial charge is 0.352 e. The zero-order valence-electron chi connectivity index (χ0n) is 16.9. The first-order chi connectivity index (χ1) is 14.6. The van der Waals surface area contributed by atoms with E-state index in [1.54, 1.807) is 23.9 Å². The number of thiophene rings is 1. The Kier molecular flexibility index (Phi) is 5.82. The summed E-state index contributed by atoms with van der Waals surface area (Å²) in [5, 5.41) is 9.83. The lowest BCUT2D eigenvalue weighted by Crippen LogP contribution is -2.41. The first-order valence-corrected chi connectivity index (χ1v) is 13.0. The van der Waals surface area contributed by atoms with Gasteiger partial charge in [-0.15, -0.1) is 11.3 Å². The summed E-state index contributed by atoms with van der Waals surface area (Å²) in [6.07, 6.45) is 10.7. The number of halogens is 1. The molecule has 7 heteroatoms. The normalized spacial score (nSPS) is 19.4. The summed E-state index contributed by atoms with van der Waals surface area (Å²) in [4.78, 5) is 19.4. The van der Waals surface area contributed by atoms with Crippen molar-refractivity contribution in [2.24, 2.45) is 4.99 Å². The third-order valence-corrected chi connectivity index (χ3v) is 8.63. The molecule has 0 saturated heterocycles. The van der Waals surface area contributed by atoms with Gasteiger partial charge in [0.1, 0.15) is 15.7 Å². The molecule has 1 aromatic carbocycles. The molecule has 4 nitrogen and oxygen atoms in total. The lowest BCUT2D eigenvalue weighted by molar-refractivity contribution is -0.113. The van der Waals surface area contributed by atoms with Crippen molar-refractivity contribution < 1.29 is 4.79 Å². The monoisotopic (exact) mass is 459 g/mol. The zero-order chi connectivity index (χ0) is 20.6. The van der Waals surface area contributed by atoms with Gasteiger partial charge >= 0.3 is 0 Å². The van der Waals surface area contributed by atoms with Crippen LogP contribution in [0.3, 0.4) is 0 Å². The maximum absolute atomic E-state index is 12.6. The van der Waals surface area contributed by atoms with Gasteiger partial charge in [-0.2, -0.15) is 0 Å². The summed E-state index contributed by atoms with van der Waals surface area (Å²) in [7, 11) is 0. The fourth-order valence-electron chi connectivity index (χ4n) is 4.71. The highest BCUT2D eigenvalue weighted by molar-refractivity contribution is 8.15. The standard InChI is InChI=1S/C23H26ClN3OS2/c24-15-8-10-16(11-9-15)25-19(28)14-29-21-20-17-6-2-3-7-18(17)30-22(20)27-23(26-21)12-4-1-5-13-23/h8-11,27H,1-7,12-14H2,(H,25,28). The number of carbonyl (C=O) groups is 1. The number of nitrogens with zero attached hydrogens (tertiary/aromatic N) is 1. The molecule has 0 bridgehead atoms. The number of benzene rings is 1. The molecule has 2 aliphatic carbocycles. The smallest absolute Gasteiger partial charge is 0.234 e. The van der Waals surface area contributed by atoms with Gasteiger partial charge in [0.05, 0.1) is 5.75 Å². The molecule has 2 aromatic rings. The van der Waals surface area contributed by atoms with E-state index in [1.807, 2.05) is 23.5 Å². The number of amides is 1. The fourth-order valence-corrected chi connectivity index (χ4v) is 7.23. The first kappa shape index (κ1) is 20.4. The van der Waals surface area contributed by atoms with Crippen LogP contribution in [-0.4, -0.2) is 22.4 Å². The molecule has 0 radical (unpaired) electrons. The minimum absolute atomic E-state index is 0.00750. The van der Waals surface area contributed by atoms with Crippen LogP contribution in [0.15, 0.2) is 29.3 Å². The maximum atomic E-state index is 12.6. The molecular formula is C23H26ClN3OS2. The summed E-state index contributed by atoms with van der Waals surface area (Å²) < 4.78 is 0. The Morgan fingerprint density at radius 2 is 1.90 bits per heavy atom. The topological polar surface area (TPSA) is 53.5 Å². The number of carbonyl (C=O) groups excluding carboxylic acids is 1. The number of hydrogen-bond donors (Lipinski definition) is 2. The van der Waals surface area contributed by atoms with Gasteiger partial charge in [0, 0.05) is 21.2 Å². The maximum Gasteiger partial charge on any atom is 0.234 e. The van der Waals surface area contributed by atoms with E-state index >= 15 is 0 Å². The van der Waals surface area contributed by atoms with Crippen molar-refractivity contribution in [2.75, 3.05) is 16.4 Å². The van der Waals surface area contributed by atoms with Crippen LogP contribution in [0.5, 0.6) is 0 Å². The molecule has 0 unspecified atom stereocenters. The Labute approximate surface area is 190 Å². The number of fused-ring (bicyclic) bond motifs is 3. The van der Waals surface area contributed by atoms with E-state index in [0.29, 0.717) is 10.8 Å². The summed E-state index contributed by atoms with van der Waals surface area (Å²) in [6.45, 7) is 0. The van der Waals surface area contributed by atoms with Crippen LogP contribution in [-0.2, 0) is 17.6 Å². The predicted molar refractivity (Wildman–Crippen MR) is 129 cm³/mol. The Morgan fingerprint density at radius 1 is 1.13 bits per heavy atom. The number of rotatable bonds is 3. The van der Waals surface area contributed by atoms with Crippen LogP contribution in [0, 0.1) is 0 Å². The summed E-state index contributed by atoms with van der Waals surface area (Å²) >= 11 is 9.46. The minimum atomic E-state index is -0.173. The van der Waals surface area contributed by atoms with Gasteiger partial charge in [0.15, 0.2) is 0 Å². The molecule has 1 aromatic heterocycles. The van der Waals surface area contributed by atoms with Gasteiger partial charge < -0.3 is 10.6 Å². The highest BCUT2D eigenvalue weighted by Crippen LogP contribution is 2.47. The fraction of sp³-hybridized carbons (Fsp3) is 0.478. The van der Waals surface area contributed by atoms with Gasteiger partial charge in [-0.05, 0) is 81.2 Å². The van der Waals surface area contributed by atoms with Crippen LogP contribution in [0.2, 0.25) is 5.02 Å². The second kappa shape index (κ2) is 8.56. The first-order valence-electron chi connectivity index (χ1n) is 10.8. The Bertz CT molecular complexity index is 977. The van der Waals surface area contributed by atoms with E-state index in [4.69, 9.17) is 16.6 Å². The van der Waals surface area contributed by atoms with E-state index in [2.05, 4.69) is 10.6 Å². The van der Waals surface area contributed by atoms with E-state index in [9.17, 15) is 4.79 Å². The number of aryl methyl sites for hydroxylation is 1. The summed E-state index contributed by atoms with van der Waals surface area (Å²) in [5.74, 6) is 0.355. The predicted octanol–water partition coefficient (Wildman–Crippen LogP) is 6.48. The van der Waals surface area contributed by atoms with E-state index in [1.165, 1.54) is 59.5 Å². The molecule has 3 aliphatic rings. The van der Waals surface area contributed by atoms with E-state index in [-0.39, 0.29) is 11.6 Å². The van der Waals surface area contributed by atoms with Gasteiger partial charge in [-0.3, -0.25) is 4.79 Å². The second-order valence-corrected chi connectivity index (χ2v) is 10.9. The van der Waals surface area contributed by atoms with Crippen molar-refractivity contribution in [3.63, 3.8) is 0 Å². The number of nitrogens with one attached hydrogen (secondary N) is 2. The minimum Gasteiger partial charge on any atom is -0.352 e. The third kappa shape index (κ3) is 4.14. The summed E-state index contributed by atoms with van der Waals surface area (Å²) in [5.41, 5.74) is 3.36. The van der Waals surface area contributed by atoms with E-state index in [0.717, 1.165) is 30.0 Å². The van der Waals surface area contributed by atoms with Crippen LogP contribution < -0.4 is 10.6 Å². The van der Waals surface area contributed by atoms with E-state index < -0.39 is 0 Å². The van der Waals surface area contributed by atoms with Crippen LogP contribution >= 0.6 is 34.7 Å². The number of anilines is 2. The molecule has 30 heavy (non-hydrogen) atoms. The van der Waals surface area contributed by atoms with Crippen LogP contribution in [0.4, 0.5) is 10.7 Å². The van der Waals surface area contributed by atoms with Crippen molar-refractivity contribution in [1.82, 2.24) is 0 Å². The highest BCUT2D eigenvalue weighted by atomic mass is 35.5. The molecule has 1 fully saturated rings. The van der Waals surface area contributed by atoms with Crippen LogP contribution in [0.25, 0.3) is 0 Å². The molecule has 0 atom stereocenters. The molecule has 1 saturated carbocycles. The van der Waals surface area contributed by atoms with Crippen molar-refractivity contribution >= 4 is 56.3 Å². The Hall–Kier alpha value is -1.50. The molecular weight excluding hydrogens is 434 g/mol. The lowest BCUT2D eigenvalue weighted by Gasteiger charge is -2.38. The quantitative estimate of drug-likeness (QED) is 0.551.